The summed E-state index contributed by atoms with van der Waals surface area (Å²) in [6, 6.07) is 12.3. The van der Waals surface area contributed by atoms with Crippen LogP contribution >= 0.6 is 11.6 Å². The summed E-state index contributed by atoms with van der Waals surface area (Å²) >= 11 is 6.58. The topological polar surface area (TPSA) is 41.6 Å². The van der Waals surface area contributed by atoms with Gasteiger partial charge < -0.3 is 0 Å². The second kappa shape index (κ2) is 5.63. The van der Waals surface area contributed by atoms with E-state index in [1.165, 1.54) is 5.56 Å². The number of hydrogen-bond acceptors (Lipinski definition) is 2. The highest BCUT2D eigenvalue weighted by molar-refractivity contribution is 6.38. The highest BCUT2D eigenvalue weighted by Crippen LogP contribution is 2.36. The van der Waals surface area contributed by atoms with Crippen molar-refractivity contribution in [1.82, 2.24) is 15.4 Å². The number of fused-ring (bicyclic) bond motifs is 1. The smallest absolute Gasteiger partial charge is 0.132 e. The van der Waals surface area contributed by atoms with E-state index in [1.807, 2.05) is 18.2 Å². The summed E-state index contributed by atoms with van der Waals surface area (Å²) < 4.78 is 0. The Morgan fingerprint density at radius 2 is 1.95 bits per heavy atom. The molecule has 0 fully saturated rings. The normalized spacial score (nSPS) is 11.1. The van der Waals surface area contributed by atoms with Crippen LogP contribution in [0.5, 0.6) is 0 Å². The minimum Gasteiger partial charge on any atom is -0.197 e. The maximum absolute atomic E-state index is 6.58. The van der Waals surface area contributed by atoms with Crippen molar-refractivity contribution in [2.75, 3.05) is 0 Å². The van der Waals surface area contributed by atoms with Crippen molar-refractivity contribution in [3.63, 3.8) is 0 Å². The zero-order chi connectivity index (χ0) is 13.9. The minimum absolute atomic E-state index is 0.688. The first kappa shape index (κ1) is 13.1. The van der Waals surface area contributed by atoms with Crippen LogP contribution in [0.3, 0.4) is 0 Å². The van der Waals surface area contributed by atoms with Crippen molar-refractivity contribution in [3.8, 4) is 11.1 Å². The van der Waals surface area contributed by atoms with Crippen molar-refractivity contribution in [2.24, 2.45) is 0 Å². The van der Waals surface area contributed by atoms with E-state index in [2.05, 4.69) is 40.5 Å². The molecule has 102 valence electrons. The van der Waals surface area contributed by atoms with Gasteiger partial charge in [0.25, 0.3) is 0 Å². The van der Waals surface area contributed by atoms with E-state index in [0.29, 0.717) is 5.02 Å². The fourth-order valence-corrected chi connectivity index (χ4v) is 2.85. The first-order valence-corrected chi connectivity index (χ1v) is 7.26. The van der Waals surface area contributed by atoms with E-state index < -0.39 is 0 Å². The summed E-state index contributed by atoms with van der Waals surface area (Å²) in [5, 5.41) is 11.7. The van der Waals surface area contributed by atoms with Crippen molar-refractivity contribution in [2.45, 2.75) is 26.2 Å². The van der Waals surface area contributed by atoms with Crippen LogP contribution in [0.2, 0.25) is 5.02 Å². The Bertz CT molecular complexity index is 719. The molecule has 0 aliphatic carbocycles. The Hall–Kier alpha value is -1.87. The van der Waals surface area contributed by atoms with Crippen LogP contribution in [0.1, 0.15) is 25.3 Å². The first-order valence-electron chi connectivity index (χ1n) is 6.88. The van der Waals surface area contributed by atoms with Crippen LogP contribution in [0, 0.1) is 0 Å². The zero-order valence-electron chi connectivity index (χ0n) is 11.4. The van der Waals surface area contributed by atoms with E-state index in [-0.39, 0.29) is 0 Å². The fourth-order valence-electron chi connectivity index (χ4n) is 2.48. The third-order valence-corrected chi connectivity index (χ3v) is 3.86. The van der Waals surface area contributed by atoms with Crippen molar-refractivity contribution < 1.29 is 0 Å². The van der Waals surface area contributed by atoms with Gasteiger partial charge in [0.2, 0.25) is 0 Å². The Morgan fingerprint density at radius 1 is 1.15 bits per heavy atom. The minimum atomic E-state index is 0.688. The van der Waals surface area contributed by atoms with Crippen LogP contribution in [-0.4, -0.2) is 15.4 Å². The Labute approximate surface area is 123 Å². The number of benzene rings is 2. The Morgan fingerprint density at radius 3 is 2.70 bits per heavy atom. The number of unbranched alkanes of at least 4 members (excludes halogenated alkanes) is 1. The number of halogens is 1. The van der Waals surface area contributed by atoms with E-state index in [9.17, 15) is 0 Å². The largest absolute Gasteiger partial charge is 0.197 e. The maximum Gasteiger partial charge on any atom is 0.132 e. The van der Waals surface area contributed by atoms with Gasteiger partial charge in [-0.2, -0.15) is 15.4 Å². The number of nitrogens with zero attached hydrogens (tertiary/aromatic N) is 2. The molecule has 1 N–H and O–H groups in total. The van der Waals surface area contributed by atoms with Crippen LogP contribution in [0.15, 0.2) is 36.4 Å². The third-order valence-electron chi connectivity index (χ3n) is 3.50. The molecule has 0 amide bonds. The molecule has 0 aliphatic rings. The van der Waals surface area contributed by atoms with E-state index in [4.69, 9.17) is 11.6 Å². The van der Waals surface area contributed by atoms with Crippen molar-refractivity contribution >= 4 is 22.6 Å². The lowest BCUT2D eigenvalue weighted by Gasteiger charge is -2.12. The third kappa shape index (κ3) is 2.29. The van der Waals surface area contributed by atoms with Gasteiger partial charge in [0, 0.05) is 5.56 Å². The van der Waals surface area contributed by atoms with E-state index >= 15 is 0 Å². The molecule has 20 heavy (non-hydrogen) atoms. The number of H-pyrrole nitrogens is 1. The van der Waals surface area contributed by atoms with Gasteiger partial charge in [-0.15, -0.1) is 0 Å². The lowest BCUT2D eigenvalue weighted by Crippen LogP contribution is -1.93. The quantitative estimate of drug-likeness (QED) is 0.760. The molecule has 1 aromatic heterocycles. The number of aromatic nitrogens is 3. The lowest BCUT2D eigenvalue weighted by molar-refractivity contribution is 0.796. The summed E-state index contributed by atoms with van der Waals surface area (Å²) in [5.74, 6) is 0. The monoisotopic (exact) mass is 285 g/mol. The molecular weight excluding hydrogens is 270 g/mol. The highest BCUT2D eigenvalue weighted by Gasteiger charge is 2.15. The summed E-state index contributed by atoms with van der Waals surface area (Å²) in [7, 11) is 0. The Balaban J connectivity index is 2.23. The summed E-state index contributed by atoms with van der Waals surface area (Å²) in [6.45, 7) is 2.19. The van der Waals surface area contributed by atoms with Crippen LogP contribution in [-0.2, 0) is 6.42 Å². The first-order chi connectivity index (χ1) is 9.81. The molecule has 0 radical (unpaired) electrons. The van der Waals surface area contributed by atoms with Crippen LogP contribution < -0.4 is 0 Å². The number of rotatable bonds is 4. The average molecular weight is 286 g/mol. The molecule has 0 atom stereocenters. The van der Waals surface area contributed by atoms with Gasteiger partial charge in [0.1, 0.15) is 11.0 Å². The molecule has 0 bridgehead atoms. The van der Waals surface area contributed by atoms with Gasteiger partial charge in [0.15, 0.2) is 0 Å². The molecule has 0 spiro atoms. The van der Waals surface area contributed by atoms with Gasteiger partial charge in [-0.3, -0.25) is 0 Å². The molecule has 0 aliphatic heterocycles. The van der Waals surface area contributed by atoms with E-state index in [0.717, 1.165) is 41.4 Å². The molecule has 0 unspecified atom stereocenters. The SMILES string of the molecule is CCCCc1cc2n[nH]nc2c(Cl)c1-c1ccccc1. The molecule has 2 aromatic carbocycles. The predicted molar refractivity (Wildman–Crippen MR) is 82.9 cm³/mol. The van der Waals surface area contributed by atoms with Crippen LogP contribution in [0.25, 0.3) is 22.2 Å². The van der Waals surface area contributed by atoms with Crippen molar-refractivity contribution in [1.29, 1.82) is 0 Å². The maximum atomic E-state index is 6.58. The van der Waals surface area contributed by atoms with Gasteiger partial charge in [-0.25, -0.2) is 0 Å². The van der Waals surface area contributed by atoms with Crippen molar-refractivity contribution in [3.05, 3.63) is 47.0 Å². The van der Waals surface area contributed by atoms with Gasteiger partial charge in [-0.1, -0.05) is 55.3 Å². The van der Waals surface area contributed by atoms with Gasteiger partial charge in [0.05, 0.1) is 5.02 Å². The number of aryl methyl sites for hydroxylation is 1. The molecule has 4 heteroatoms. The summed E-state index contributed by atoms with van der Waals surface area (Å²) in [4.78, 5) is 0. The molecule has 3 rings (SSSR count). The molecule has 3 aromatic rings. The molecule has 0 saturated carbocycles. The molecule has 3 nitrogen and oxygen atoms in total. The lowest BCUT2D eigenvalue weighted by atomic mass is 9.95. The predicted octanol–water partition coefficient (Wildman–Crippen LogP) is 4.62. The molecule has 1 heterocycles. The number of hydrogen-bond donors (Lipinski definition) is 1. The zero-order valence-corrected chi connectivity index (χ0v) is 12.1. The fraction of sp³-hybridized carbons (Fsp3) is 0.250. The standard InChI is InChI=1S/C16H16ClN3/c1-2-3-7-12-10-13-16(19-20-18-13)15(17)14(12)11-8-5-4-6-9-11/h4-6,8-10H,2-3,7H2,1H3,(H,18,19,20). The average Bonchev–Trinajstić information content (AvgIpc) is 2.95. The van der Waals surface area contributed by atoms with Gasteiger partial charge >= 0.3 is 0 Å². The summed E-state index contributed by atoms with van der Waals surface area (Å²) in [5.41, 5.74) is 5.03. The second-order valence-corrected chi connectivity index (χ2v) is 5.26. The second-order valence-electron chi connectivity index (χ2n) is 4.89. The van der Waals surface area contributed by atoms with E-state index in [1.54, 1.807) is 0 Å². The molecular formula is C16H16ClN3. The van der Waals surface area contributed by atoms with Gasteiger partial charge in [-0.05, 0) is 30.0 Å². The number of nitrogens with one attached hydrogen (secondary N) is 1. The number of aromatic amines is 1. The van der Waals surface area contributed by atoms with Crippen LogP contribution in [0.4, 0.5) is 0 Å². The summed E-state index contributed by atoms with van der Waals surface area (Å²) in [6.07, 6.45) is 3.30. The Kier molecular flexibility index (Phi) is 3.70. The highest BCUT2D eigenvalue weighted by atomic mass is 35.5. The molecule has 0 saturated heterocycles.